The van der Waals surface area contributed by atoms with E-state index >= 15 is 0 Å². The lowest BCUT2D eigenvalue weighted by atomic mass is 10.0. The molecule has 4 nitrogen and oxygen atoms in total. The third-order valence-corrected chi connectivity index (χ3v) is 3.20. The molecular formula is C13H14F3NO3. The Labute approximate surface area is 113 Å². The highest BCUT2D eigenvalue weighted by atomic mass is 19.4. The van der Waals surface area contributed by atoms with Gasteiger partial charge in [-0.3, -0.25) is 9.69 Å². The number of morpholine rings is 1. The van der Waals surface area contributed by atoms with E-state index in [1.54, 1.807) is 4.90 Å². The number of halogens is 3. The normalized spacial score (nSPS) is 18.8. The molecule has 1 aromatic rings. The van der Waals surface area contributed by atoms with Crippen molar-refractivity contribution in [1.82, 2.24) is 4.90 Å². The standard InChI is InChI=1S/C13H14F3NO3/c14-13(15,16)10-3-1-9(2-4-10)11(12(18)19)17-5-7-20-8-6-17/h1-4,11H,5-8H2,(H,18,19). The van der Waals surface area contributed by atoms with Crippen LogP contribution in [0, 0.1) is 0 Å². The molecule has 2 rings (SSSR count). The summed E-state index contributed by atoms with van der Waals surface area (Å²) in [5.74, 6) is -1.08. The van der Waals surface area contributed by atoms with Gasteiger partial charge in [0, 0.05) is 13.1 Å². The fourth-order valence-corrected chi connectivity index (χ4v) is 2.20. The van der Waals surface area contributed by atoms with Gasteiger partial charge >= 0.3 is 12.1 Å². The van der Waals surface area contributed by atoms with E-state index < -0.39 is 23.8 Å². The maximum atomic E-state index is 12.5. The van der Waals surface area contributed by atoms with Crippen LogP contribution in [0.4, 0.5) is 13.2 Å². The van der Waals surface area contributed by atoms with Gasteiger partial charge in [-0.25, -0.2) is 0 Å². The molecule has 0 aliphatic carbocycles. The van der Waals surface area contributed by atoms with Crippen LogP contribution in [0.3, 0.4) is 0 Å². The van der Waals surface area contributed by atoms with Crippen molar-refractivity contribution >= 4 is 5.97 Å². The number of carbonyl (C=O) groups is 1. The maximum Gasteiger partial charge on any atom is 0.416 e. The van der Waals surface area contributed by atoms with Crippen molar-refractivity contribution < 1.29 is 27.8 Å². The van der Waals surface area contributed by atoms with Crippen LogP contribution >= 0.6 is 0 Å². The van der Waals surface area contributed by atoms with Crippen LogP contribution in [0.25, 0.3) is 0 Å². The summed E-state index contributed by atoms with van der Waals surface area (Å²) in [4.78, 5) is 13.1. The smallest absolute Gasteiger partial charge is 0.416 e. The Morgan fingerprint density at radius 2 is 1.75 bits per heavy atom. The summed E-state index contributed by atoms with van der Waals surface area (Å²) in [5, 5.41) is 9.30. The van der Waals surface area contributed by atoms with Gasteiger partial charge < -0.3 is 9.84 Å². The van der Waals surface area contributed by atoms with E-state index in [1.165, 1.54) is 12.1 Å². The topological polar surface area (TPSA) is 49.8 Å². The molecular weight excluding hydrogens is 275 g/mol. The number of carboxylic acids is 1. The fourth-order valence-electron chi connectivity index (χ4n) is 2.20. The zero-order chi connectivity index (χ0) is 14.8. The van der Waals surface area contributed by atoms with Gasteiger partial charge in [0.15, 0.2) is 0 Å². The molecule has 1 N–H and O–H groups in total. The molecule has 1 atom stereocenters. The van der Waals surface area contributed by atoms with Crippen LogP contribution < -0.4 is 0 Å². The Kier molecular flexibility index (Phi) is 4.29. The quantitative estimate of drug-likeness (QED) is 0.926. The molecule has 20 heavy (non-hydrogen) atoms. The molecule has 1 unspecified atom stereocenters. The molecule has 1 saturated heterocycles. The second-order valence-corrected chi connectivity index (χ2v) is 4.51. The Morgan fingerprint density at radius 1 is 1.20 bits per heavy atom. The minimum absolute atomic E-state index is 0.340. The van der Waals surface area contributed by atoms with E-state index in [4.69, 9.17) is 4.74 Å². The first-order valence-electron chi connectivity index (χ1n) is 6.11. The molecule has 0 radical (unpaired) electrons. The monoisotopic (exact) mass is 289 g/mol. The zero-order valence-corrected chi connectivity index (χ0v) is 10.6. The molecule has 1 heterocycles. The molecule has 1 aliphatic rings. The molecule has 0 spiro atoms. The van der Waals surface area contributed by atoms with Crippen LogP contribution in [-0.4, -0.2) is 42.3 Å². The number of nitrogens with zero attached hydrogens (tertiary/aromatic N) is 1. The van der Waals surface area contributed by atoms with E-state index in [-0.39, 0.29) is 0 Å². The number of benzene rings is 1. The second kappa shape index (κ2) is 5.80. The van der Waals surface area contributed by atoms with Crippen LogP contribution in [0.2, 0.25) is 0 Å². The van der Waals surface area contributed by atoms with Gasteiger partial charge in [0.2, 0.25) is 0 Å². The first-order chi connectivity index (χ1) is 9.39. The van der Waals surface area contributed by atoms with Crippen molar-refractivity contribution in [3.05, 3.63) is 35.4 Å². The summed E-state index contributed by atoms with van der Waals surface area (Å²) >= 11 is 0. The molecule has 1 fully saturated rings. The van der Waals surface area contributed by atoms with Gasteiger partial charge in [-0.15, -0.1) is 0 Å². The van der Waals surface area contributed by atoms with Gasteiger partial charge in [-0.2, -0.15) is 13.2 Å². The molecule has 1 aromatic carbocycles. The Hall–Kier alpha value is -1.60. The van der Waals surface area contributed by atoms with Gasteiger partial charge in [-0.05, 0) is 17.7 Å². The van der Waals surface area contributed by atoms with E-state index in [9.17, 15) is 23.1 Å². The maximum absolute atomic E-state index is 12.5. The largest absolute Gasteiger partial charge is 0.480 e. The van der Waals surface area contributed by atoms with Crippen molar-refractivity contribution in [2.45, 2.75) is 12.2 Å². The highest BCUT2D eigenvalue weighted by Gasteiger charge is 2.32. The third kappa shape index (κ3) is 3.29. The second-order valence-electron chi connectivity index (χ2n) is 4.51. The molecule has 110 valence electrons. The minimum Gasteiger partial charge on any atom is -0.480 e. The van der Waals surface area contributed by atoms with Crippen LogP contribution in [-0.2, 0) is 15.7 Å². The van der Waals surface area contributed by atoms with Crippen molar-refractivity contribution in [3.8, 4) is 0 Å². The van der Waals surface area contributed by atoms with Crippen molar-refractivity contribution in [3.63, 3.8) is 0 Å². The lowest BCUT2D eigenvalue weighted by molar-refractivity contribution is -0.145. The van der Waals surface area contributed by atoms with Gasteiger partial charge in [0.25, 0.3) is 0 Å². The number of ether oxygens (including phenoxy) is 1. The molecule has 1 aliphatic heterocycles. The van der Waals surface area contributed by atoms with Crippen LogP contribution in [0.15, 0.2) is 24.3 Å². The van der Waals surface area contributed by atoms with Crippen LogP contribution in [0.1, 0.15) is 17.2 Å². The fraction of sp³-hybridized carbons (Fsp3) is 0.462. The summed E-state index contributed by atoms with van der Waals surface area (Å²) in [7, 11) is 0. The number of carboxylic acid groups (broad SMARTS) is 1. The van der Waals surface area contributed by atoms with Crippen molar-refractivity contribution in [1.29, 1.82) is 0 Å². The molecule has 0 aromatic heterocycles. The molecule has 7 heteroatoms. The summed E-state index contributed by atoms with van der Waals surface area (Å²) < 4.78 is 42.6. The zero-order valence-electron chi connectivity index (χ0n) is 10.6. The Morgan fingerprint density at radius 3 is 2.20 bits per heavy atom. The Bertz CT molecular complexity index is 467. The minimum atomic E-state index is -4.42. The molecule has 0 bridgehead atoms. The summed E-state index contributed by atoms with van der Waals surface area (Å²) in [6.45, 7) is 1.73. The SMILES string of the molecule is O=C(O)C(c1ccc(C(F)(F)F)cc1)N1CCOCC1. The number of hydrogen-bond acceptors (Lipinski definition) is 3. The van der Waals surface area contributed by atoms with E-state index in [1.807, 2.05) is 0 Å². The lowest BCUT2D eigenvalue weighted by Crippen LogP contribution is -2.42. The van der Waals surface area contributed by atoms with Crippen molar-refractivity contribution in [2.75, 3.05) is 26.3 Å². The summed E-state index contributed by atoms with van der Waals surface area (Å²) in [5.41, 5.74) is -0.445. The van der Waals surface area contributed by atoms with E-state index in [0.717, 1.165) is 12.1 Å². The third-order valence-electron chi connectivity index (χ3n) is 3.20. The van der Waals surface area contributed by atoms with E-state index in [0.29, 0.717) is 31.9 Å². The number of rotatable bonds is 3. The Balaban J connectivity index is 2.23. The van der Waals surface area contributed by atoms with Crippen LogP contribution in [0.5, 0.6) is 0 Å². The average molecular weight is 289 g/mol. The molecule has 0 saturated carbocycles. The number of hydrogen-bond donors (Lipinski definition) is 1. The first-order valence-corrected chi connectivity index (χ1v) is 6.11. The van der Waals surface area contributed by atoms with Gasteiger partial charge in [0.05, 0.1) is 18.8 Å². The summed E-state index contributed by atoms with van der Waals surface area (Å²) in [6, 6.07) is 3.31. The van der Waals surface area contributed by atoms with E-state index in [2.05, 4.69) is 0 Å². The molecule has 0 amide bonds. The van der Waals surface area contributed by atoms with Gasteiger partial charge in [0.1, 0.15) is 6.04 Å². The predicted octanol–water partition coefficient (Wildman–Crippen LogP) is 2.16. The summed E-state index contributed by atoms with van der Waals surface area (Å²) in [6.07, 6.45) is -4.42. The van der Waals surface area contributed by atoms with Gasteiger partial charge in [-0.1, -0.05) is 12.1 Å². The number of aliphatic carboxylic acids is 1. The lowest BCUT2D eigenvalue weighted by Gasteiger charge is -2.32. The van der Waals surface area contributed by atoms with Crippen molar-refractivity contribution in [2.24, 2.45) is 0 Å². The highest BCUT2D eigenvalue weighted by molar-refractivity contribution is 5.75. The number of alkyl halides is 3. The highest BCUT2D eigenvalue weighted by Crippen LogP contribution is 2.31. The average Bonchev–Trinajstić information content (AvgIpc) is 2.39. The predicted molar refractivity (Wildman–Crippen MR) is 64.2 cm³/mol. The first kappa shape index (κ1) is 14.8.